The first-order chi connectivity index (χ1) is 14.7. The number of H-pyrrole nitrogens is 2. The molecule has 30 heavy (non-hydrogen) atoms. The van der Waals surface area contributed by atoms with Crippen molar-refractivity contribution in [1.82, 2.24) is 20.4 Å². The van der Waals surface area contributed by atoms with E-state index in [0.29, 0.717) is 28.5 Å². The zero-order valence-electron chi connectivity index (χ0n) is 16.0. The summed E-state index contributed by atoms with van der Waals surface area (Å²) in [7, 11) is 0. The zero-order valence-corrected chi connectivity index (χ0v) is 16.0. The molecule has 0 spiro atoms. The number of aromatic nitrogens is 4. The van der Waals surface area contributed by atoms with Crippen LogP contribution in [0.3, 0.4) is 0 Å². The van der Waals surface area contributed by atoms with Crippen LogP contribution >= 0.6 is 0 Å². The van der Waals surface area contributed by atoms with E-state index in [-0.39, 0.29) is 11.7 Å². The number of rotatable bonds is 5. The fraction of sp³-hybridized carbons (Fsp3) is 0.0476. The molecule has 0 aliphatic heterocycles. The molecule has 0 amide bonds. The van der Waals surface area contributed by atoms with Crippen LogP contribution in [0.4, 0.5) is 17.3 Å². The van der Waals surface area contributed by atoms with E-state index in [1.807, 2.05) is 60.7 Å². The summed E-state index contributed by atoms with van der Waals surface area (Å²) >= 11 is 0. The third kappa shape index (κ3) is 3.70. The zero-order chi connectivity index (χ0) is 20.9. The van der Waals surface area contributed by atoms with Gasteiger partial charge in [0.2, 0.25) is 5.82 Å². The monoisotopic (exact) mass is 395 g/mol. The van der Waals surface area contributed by atoms with E-state index in [0.717, 1.165) is 11.1 Å². The van der Waals surface area contributed by atoms with Crippen molar-refractivity contribution in [3.8, 4) is 28.6 Å². The lowest BCUT2D eigenvalue weighted by molar-refractivity contribution is 1.06. The van der Waals surface area contributed by atoms with Crippen LogP contribution in [0.25, 0.3) is 22.5 Å². The molecule has 0 saturated heterocycles. The predicted octanol–water partition coefficient (Wildman–Crippen LogP) is 5.16. The maximum absolute atomic E-state index is 9.64. The van der Waals surface area contributed by atoms with Gasteiger partial charge in [-0.1, -0.05) is 60.7 Å². The maximum atomic E-state index is 9.64. The van der Waals surface area contributed by atoms with Crippen molar-refractivity contribution in [3.05, 3.63) is 66.2 Å². The highest BCUT2D eigenvalue weighted by molar-refractivity contribution is 5.95. The molecule has 0 bridgehead atoms. The summed E-state index contributed by atoms with van der Waals surface area (Å²) in [6.07, 6.45) is 0. The van der Waals surface area contributed by atoms with Crippen molar-refractivity contribution in [1.29, 1.82) is 10.7 Å². The van der Waals surface area contributed by atoms with Crippen LogP contribution in [0, 0.1) is 16.7 Å². The number of aromatic amines is 2. The molecule has 0 saturated carbocycles. The summed E-state index contributed by atoms with van der Waals surface area (Å²) < 4.78 is 0. The van der Waals surface area contributed by atoms with Crippen LogP contribution in [0.5, 0.6) is 0 Å². The minimum Gasteiger partial charge on any atom is -0.328 e. The number of hydrogen-bond donors (Lipinski definition) is 4. The molecule has 0 aliphatic rings. The summed E-state index contributed by atoms with van der Waals surface area (Å²) in [4.78, 5) is 0. The third-order valence-corrected chi connectivity index (χ3v) is 4.27. The first-order valence-electron chi connectivity index (χ1n) is 9.09. The molecule has 0 aliphatic carbocycles. The minimum absolute atomic E-state index is 0.175. The molecule has 146 valence electrons. The van der Waals surface area contributed by atoms with E-state index in [9.17, 15) is 5.26 Å². The number of azo groups is 1. The normalized spacial score (nSPS) is 10.8. The Morgan fingerprint density at radius 1 is 0.967 bits per heavy atom. The largest absolute Gasteiger partial charge is 0.328 e. The molecule has 9 heteroatoms. The van der Waals surface area contributed by atoms with Crippen molar-refractivity contribution in [2.24, 2.45) is 10.2 Å². The SMILES string of the molecule is CC(=N)Nc1[nH]nc(-c2ccccc2)c1/N=N/c1n[nH]c(-c2ccccc2)c1C#N. The Morgan fingerprint density at radius 3 is 2.27 bits per heavy atom. The Kier molecular flexibility index (Phi) is 5.13. The van der Waals surface area contributed by atoms with Gasteiger partial charge in [-0.25, -0.2) is 0 Å². The Bertz CT molecular complexity index is 1240. The Labute approximate surface area is 172 Å². The lowest BCUT2D eigenvalue weighted by Crippen LogP contribution is -2.05. The maximum Gasteiger partial charge on any atom is 0.213 e. The van der Waals surface area contributed by atoms with Gasteiger partial charge < -0.3 is 5.32 Å². The fourth-order valence-corrected chi connectivity index (χ4v) is 2.93. The average molecular weight is 395 g/mol. The van der Waals surface area contributed by atoms with Crippen molar-refractivity contribution in [2.45, 2.75) is 6.92 Å². The summed E-state index contributed by atoms with van der Waals surface area (Å²) in [5.41, 5.74) is 3.54. The summed E-state index contributed by atoms with van der Waals surface area (Å²) in [5, 5.41) is 42.9. The highest BCUT2D eigenvalue weighted by Gasteiger charge is 2.17. The fourth-order valence-electron chi connectivity index (χ4n) is 2.93. The molecule has 4 rings (SSSR count). The minimum atomic E-state index is 0.175. The highest BCUT2D eigenvalue weighted by Crippen LogP contribution is 2.36. The predicted molar refractivity (Wildman–Crippen MR) is 114 cm³/mol. The quantitative estimate of drug-likeness (QED) is 0.210. The van der Waals surface area contributed by atoms with Gasteiger partial charge in [0.05, 0.1) is 11.5 Å². The van der Waals surface area contributed by atoms with E-state index in [1.54, 1.807) is 6.92 Å². The second kappa shape index (κ2) is 8.20. The van der Waals surface area contributed by atoms with Gasteiger partial charge in [-0.3, -0.25) is 15.6 Å². The van der Waals surface area contributed by atoms with E-state index in [2.05, 4.69) is 42.0 Å². The summed E-state index contributed by atoms with van der Waals surface area (Å²) in [6.45, 7) is 1.61. The molecule has 0 unspecified atom stereocenters. The summed E-state index contributed by atoms with van der Waals surface area (Å²) in [6, 6.07) is 21.1. The number of anilines is 1. The highest BCUT2D eigenvalue weighted by atomic mass is 15.3. The van der Waals surface area contributed by atoms with Crippen molar-refractivity contribution < 1.29 is 0 Å². The van der Waals surface area contributed by atoms with Crippen molar-refractivity contribution in [2.75, 3.05) is 5.32 Å². The molecular formula is C21H17N9. The van der Waals surface area contributed by atoms with E-state index in [4.69, 9.17) is 5.41 Å². The second-order valence-electron chi connectivity index (χ2n) is 6.39. The molecule has 0 fully saturated rings. The smallest absolute Gasteiger partial charge is 0.213 e. The van der Waals surface area contributed by atoms with Crippen molar-refractivity contribution >= 4 is 23.2 Å². The molecule has 4 N–H and O–H groups in total. The first kappa shape index (κ1) is 18.8. The molecule has 9 nitrogen and oxygen atoms in total. The Morgan fingerprint density at radius 2 is 1.63 bits per heavy atom. The standard InChI is InChI=1S/C21H17N9/c1-13(23)24-21-19(18(26-30-21)15-10-6-3-7-11-15)27-29-20-16(12-22)17(25-28-20)14-8-4-2-5-9-14/h2-11H,1H3,(H,25,28)(H3,23,24,26,30)/b29-27+. The van der Waals surface area contributed by atoms with Crippen LogP contribution in [0.2, 0.25) is 0 Å². The van der Waals surface area contributed by atoms with Crippen LogP contribution in [0.1, 0.15) is 12.5 Å². The molecule has 2 aromatic heterocycles. The topological polar surface area (TPSA) is 142 Å². The van der Waals surface area contributed by atoms with Gasteiger partial charge >= 0.3 is 0 Å². The average Bonchev–Trinajstić information content (AvgIpc) is 3.36. The van der Waals surface area contributed by atoms with Crippen LogP contribution in [0.15, 0.2) is 70.9 Å². The molecular weight excluding hydrogens is 378 g/mol. The van der Waals surface area contributed by atoms with Crippen LogP contribution in [-0.2, 0) is 0 Å². The second-order valence-corrected chi connectivity index (χ2v) is 6.39. The van der Waals surface area contributed by atoms with Gasteiger partial charge in [-0.15, -0.1) is 10.2 Å². The van der Waals surface area contributed by atoms with Gasteiger partial charge in [0.1, 0.15) is 17.3 Å². The van der Waals surface area contributed by atoms with Gasteiger partial charge in [0.15, 0.2) is 11.5 Å². The molecule has 4 aromatic rings. The van der Waals surface area contributed by atoms with E-state index < -0.39 is 0 Å². The van der Waals surface area contributed by atoms with E-state index >= 15 is 0 Å². The van der Waals surface area contributed by atoms with Gasteiger partial charge in [-0.05, 0) is 6.92 Å². The third-order valence-electron chi connectivity index (χ3n) is 4.27. The molecule has 2 aromatic carbocycles. The Hall–Kier alpha value is -4.58. The number of nitrogens with zero attached hydrogens (tertiary/aromatic N) is 5. The first-order valence-corrected chi connectivity index (χ1v) is 9.09. The summed E-state index contributed by atoms with van der Waals surface area (Å²) in [5.74, 6) is 0.829. The molecule has 0 radical (unpaired) electrons. The lowest BCUT2D eigenvalue weighted by atomic mass is 10.1. The number of benzene rings is 2. The number of hydrogen-bond acceptors (Lipinski definition) is 6. The van der Waals surface area contributed by atoms with E-state index in [1.165, 1.54) is 0 Å². The van der Waals surface area contributed by atoms with Crippen LogP contribution in [-0.4, -0.2) is 26.2 Å². The Balaban J connectivity index is 1.76. The molecule has 2 heterocycles. The number of nitriles is 1. The van der Waals surface area contributed by atoms with Crippen molar-refractivity contribution in [3.63, 3.8) is 0 Å². The molecule has 0 atom stereocenters. The van der Waals surface area contributed by atoms with Gasteiger partial charge in [0, 0.05) is 11.1 Å². The van der Waals surface area contributed by atoms with Gasteiger partial charge in [0.25, 0.3) is 0 Å². The number of amidine groups is 1. The number of nitrogens with one attached hydrogen (secondary N) is 4. The lowest BCUT2D eigenvalue weighted by Gasteiger charge is -2.02. The van der Waals surface area contributed by atoms with Gasteiger partial charge in [-0.2, -0.15) is 15.5 Å². The van der Waals surface area contributed by atoms with Crippen LogP contribution < -0.4 is 5.32 Å².